The fourth-order valence-electron chi connectivity index (χ4n) is 5.52. The number of ether oxygens (including phenoxy) is 2. The van der Waals surface area contributed by atoms with Crippen LogP contribution < -0.4 is 9.64 Å². The van der Waals surface area contributed by atoms with Gasteiger partial charge in [-0.25, -0.2) is 9.78 Å². The minimum Gasteiger partial charge on any atom is -0.478 e. The summed E-state index contributed by atoms with van der Waals surface area (Å²) >= 11 is 0. The van der Waals surface area contributed by atoms with Crippen LogP contribution >= 0.6 is 0 Å². The third kappa shape index (κ3) is 6.78. The third-order valence-corrected chi connectivity index (χ3v) is 7.22. The number of oxazole rings is 1. The summed E-state index contributed by atoms with van der Waals surface area (Å²) < 4.78 is 16.8. The summed E-state index contributed by atoms with van der Waals surface area (Å²) in [6.07, 6.45) is 3.68. The molecule has 1 aliphatic rings. The molecule has 1 aliphatic heterocycles. The van der Waals surface area contributed by atoms with Gasteiger partial charge >= 0.3 is 11.9 Å². The highest BCUT2D eigenvalue weighted by atomic mass is 16.6. The standard InChI is InChI=1S/C32H38N2O7/c1-19(29-33-24-15-21(30(37)38)10-11-26(24)40-29)13-22-14-23-20(2)17-32(6,7)34(25(23)16-27(22)39-18-35)12-8-9-28(36)41-31(3,4)5/h10-11,13-16,18,20H,8-9,12,17H2,1-7H3,(H,37,38)/b19-13+. The Bertz CT molecular complexity index is 1510. The number of fused-ring (bicyclic) bond motifs is 2. The van der Waals surface area contributed by atoms with Crippen LogP contribution in [0.2, 0.25) is 0 Å². The van der Waals surface area contributed by atoms with Gasteiger partial charge in [0.15, 0.2) is 5.58 Å². The van der Waals surface area contributed by atoms with Crippen LogP contribution in [-0.4, -0.2) is 46.2 Å². The Morgan fingerprint density at radius 3 is 2.61 bits per heavy atom. The van der Waals surface area contributed by atoms with E-state index >= 15 is 0 Å². The van der Waals surface area contributed by atoms with Crippen LogP contribution in [-0.2, 0) is 14.3 Å². The number of aromatic carboxylic acids is 1. The minimum absolute atomic E-state index is 0.128. The lowest BCUT2D eigenvalue weighted by Crippen LogP contribution is -2.49. The van der Waals surface area contributed by atoms with Crippen LogP contribution in [0, 0.1) is 0 Å². The second kappa shape index (κ2) is 11.4. The number of hydrogen-bond acceptors (Lipinski definition) is 8. The number of benzene rings is 2. The molecule has 0 radical (unpaired) electrons. The van der Waals surface area contributed by atoms with Crippen LogP contribution in [0.5, 0.6) is 5.75 Å². The Balaban J connectivity index is 1.67. The molecule has 9 nitrogen and oxygen atoms in total. The molecule has 1 atom stereocenters. The number of aromatic nitrogens is 1. The Labute approximate surface area is 240 Å². The molecule has 0 saturated heterocycles. The maximum absolute atomic E-state index is 12.3. The van der Waals surface area contributed by atoms with Gasteiger partial charge in [0.25, 0.3) is 6.47 Å². The Morgan fingerprint density at radius 2 is 1.95 bits per heavy atom. The molecule has 0 amide bonds. The monoisotopic (exact) mass is 562 g/mol. The molecule has 2 aromatic carbocycles. The number of nitrogens with zero attached hydrogens (tertiary/aromatic N) is 2. The number of allylic oxidation sites excluding steroid dienone is 1. The van der Waals surface area contributed by atoms with Crippen molar-refractivity contribution < 1.29 is 33.4 Å². The molecule has 3 aromatic rings. The van der Waals surface area contributed by atoms with Crippen molar-refractivity contribution in [3.05, 3.63) is 52.9 Å². The highest BCUT2D eigenvalue weighted by Crippen LogP contribution is 2.46. The van der Waals surface area contributed by atoms with Gasteiger partial charge in [0.2, 0.25) is 5.89 Å². The van der Waals surface area contributed by atoms with Gasteiger partial charge in [-0.05, 0) is 96.2 Å². The lowest BCUT2D eigenvalue weighted by molar-refractivity contribution is -0.154. The molecular formula is C32H38N2O7. The van der Waals surface area contributed by atoms with E-state index in [1.165, 1.54) is 12.1 Å². The van der Waals surface area contributed by atoms with Gasteiger partial charge in [0, 0.05) is 41.4 Å². The summed E-state index contributed by atoms with van der Waals surface area (Å²) in [6, 6.07) is 8.45. The topological polar surface area (TPSA) is 119 Å². The lowest BCUT2D eigenvalue weighted by atomic mass is 9.79. The molecule has 1 unspecified atom stereocenters. The minimum atomic E-state index is -1.04. The summed E-state index contributed by atoms with van der Waals surface area (Å²) in [5.74, 6) is -0.289. The van der Waals surface area contributed by atoms with Gasteiger partial charge in [-0.1, -0.05) is 6.92 Å². The first-order valence-electron chi connectivity index (χ1n) is 13.8. The number of esters is 1. The van der Waals surface area contributed by atoms with Crippen molar-refractivity contribution in [2.24, 2.45) is 0 Å². The fourth-order valence-corrected chi connectivity index (χ4v) is 5.52. The van der Waals surface area contributed by atoms with E-state index in [9.17, 15) is 19.5 Å². The van der Waals surface area contributed by atoms with E-state index in [-0.39, 0.29) is 23.0 Å². The molecule has 0 aliphatic carbocycles. The van der Waals surface area contributed by atoms with Crippen LogP contribution in [0.1, 0.15) is 101 Å². The van der Waals surface area contributed by atoms with E-state index < -0.39 is 11.6 Å². The SMILES string of the molecule is C/C(=C\c1cc2c(cc1OC=O)N(CCCC(=O)OC(C)(C)C)C(C)(C)CC2C)c1nc2cc(C(=O)O)ccc2o1. The first kappa shape index (κ1) is 29.8. The number of carbonyl (C=O) groups is 3. The molecular weight excluding hydrogens is 524 g/mol. The zero-order chi connectivity index (χ0) is 30.1. The van der Waals surface area contributed by atoms with E-state index in [2.05, 4.69) is 30.7 Å². The molecule has 1 aromatic heterocycles. The summed E-state index contributed by atoms with van der Waals surface area (Å²) in [5.41, 5.74) is 3.81. The maximum atomic E-state index is 12.3. The molecule has 0 fully saturated rings. The second-order valence-corrected chi connectivity index (χ2v) is 12.3. The summed E-state index contributed by atoms with van der Waals surface area (Å²) in [5, 5.41) is 9.28. The van der Waals surface area contributed by atoms with E-state index in [0.29, 0.717) is 59.7 Å². The van der Waals surface area contributed by atoms with Gasteiger partial charge in [0.05, 0.1) is 5.56 Å². The Hall–Kier alpha value is -4.14. The molecule has 4 rings (SSSR count). The molecule has 0 spiro atoms. The van der Waals surface area contributed by atoms with Crippen molar-refractivity contribution >= 4 is 46.8 Å². The average Bonchev–Trinajstić information content (AvgIpc) is 3.29. The first-order chi connectivity index (χ1) is 19.2. The predicted octanol–water partition coefficient (Wildman–Crippen LogP) is 6.84. The van der Waals surface area contributed by atoms with E-state index in [1.807, 2.05) is 45.9 Å². The largest absolute Gasteiger partial charge is 0.478 e. The van der Waals surface area contributed by atoms with Crippen molar-refractivity contribution in [2.45, 2.75) is 84.8 Å². The smallest absolute Gasteiger partial charge is 0.335 e. The zero-order valence-corrected chi connectivity index (χ0v) is 24.7. The average molecular weight is 563 g/mol. The molecule has 1 N–H and O–H groups in total. The molecule has 0 bridgehead atoms. The maximum Gasteiger partial charge on any atom is 0.335 e. The molecule has 41 heavy (non-hydrogen) atoms. The summed E-state index contributed by atoms with van der Waals surface area (Å²) in [4.78, 5) is 41.9. The summed E-state index contributed by atoms with van der Waals surface area (Å²) in [7, 11) is 0. The van der Waals surface area contributed by atoms with Gasteiger partial charge in [0.1, 0.15) is 16.9 Å². The van der Waals surface area contributed by atoms with E-state index in [1.54, 1.807) is 6.07 Å². The van der Waals surface area contributed by atoms with E-state index in [0.717, 1.165) is 17.7 Å². The van der Waals surface area contributed by atoms with Crippen LogP contribution in [0.15, 0.2) is 34.7 Å². The number of carbonyl (C=O) groups excluding carboxylic acids is 2. The highest BCUT2D eigenvalue weighted by molar-refractivity contribution is 5.92. The summed E-state index contributed by atoms with van der Waals surface area (Å²) in [6.45, 7) is 15.0. The Morgan fingerprint density at radius 1 is 1.22 bits per heavy atom. The van der Waals surface area contributed by atoms with Crippen LogP contribution in [0.25, 0.3) is 22.7 Å². The lowest BCUT2D eigenvalue weighted by Gasteiger charge is -2.48. The normalized spacial score (nSPS) is 16.8. The second-order valence-electron chi connectivity index (χ2n) is 12.3. The van der Waals surface area contributed by atoms with Crippen molar-refractivity contribution in [1.29, 1.82) is 0 Å². The van der Waals surface area contributed by atoms with Crippen molar-refractivity contribution in [1.82, 2.24) is 4.98 Å². The number of anilines is 1. The van der Waals surface area contributed by atoms with Crippen LogP contribution in [0.3, 0.4) is 0 Å². The number of rotatable bonds is 9. The predicted molar refractivity (Wildman–Crippen MR) is 157 cm³/mol. The van der Waals surface area contributed by atoms with Crippen molar-refractivity contribution in [2.75, 3.05) is 11.4 Å². The molecule has 0 saturated carbocycles. The first-order valence-corrected chi connectivity index (χ1v) is 13.8. The quantitative estimate of drug-likeness (QED) is 0.221. The fraction of sp³-hybridized carbons (Fsp3) is 0.438. The van der Waals surface area contributed by atoms with Gasteiger partial charge < -0.3 is 23.9 Å². The Kier molecular flexibility index (Phi) is 8.29. The molecule has 2 heterocycles. The van der Waals surface area contributed by atoms with E-state index in [4.69, 9.17) is 13.9 Å². The van der Waals surface area contributed by atoms with Gasteiger partial charge in [-0.15, -0.1) is 0 Å². The molecule has 9 heteroatoms. The number of carboxylic acids is 1. The van der Waals surface area contributed by atoms with Crippen LogP contribution in [0.4, 0.5) is 5.69 Å². The molecule has 218 valence electrons. The van der Waals surface area contributed by atoms with Crippen molar-refractivity contribution in [3.8, 4) is 5.75 Å². The third-order valence-electron chi connectivity index (χ3n) is 7.22. The highest BCUT2D eigenvalue weighted by Gasteiger charge is 2.37. The zero-order valence-electron chi connectivity index (χ0n) is 24.7. The van der Waals surface area contributed by atoms with Crippen molar-refractivity contribution in [3.63, 3.8) is 0 Å². The number of hydrogen-bond donors (Lipinski definition) is 1. The van der Waals surface area contributed by atoms with Gasteiger partial charge in [-0.2, -0.15) is 0 Å². The van der Waals surface area contributed by atoms with Gasteiger partial charge in [-0.3, -0.25) is 9.59 Å². The number of carboxylic acid groups (broad SMARTS) is 1.